The van der Waals surface area contributed by atoms with Gasteiger partial charge in [0.15, 0.2) is 0 Å². The molecule has 2 aliphatic rings. The normalized spacial score (nSPS) is 36.1. The number of fused-ring (bicyclic) bond motifs is 2. The zero-order valence-electron chi connectivity index (χ0n) is 11.6. The van der Waals surface area contributed by atoms with Gasteiger partial charge < -0.3 is 5.11 Å². The summed E-state index contributed by atoms with van der Waals surface area (Å²) in [6.45, 7) is 8.93. The molecule has 5 heteroatoms. The van der Waals surface area contributed by atoms with Crippen LogP contribution in [0.2, 0.25) is 0 Å². The molecule has 2 bridgehead atoms. The third kappa shape index (κ3) is 2.97. The average molecular weight is 252 g/mol. The predicted octanol–water partition coefficient (Wildman–Crippen LogP) is 2.56. The van der Waals surface area contributed by atoms with Gasteiger partial charge in [0.05, 0.1) is 12.6 Å². The summed E-state index contributed by atoms with van der Waals surface area (Å²) in [4.78, 5) is 5.10. The summed E-state index contributed by atoms with van der Waals surface area (Å²) in [6, 6.07) is 0.583. The molecule has 1 saturated heterocycles. The van der Waals surface area contributed by atoms with E-state index in [1.165, 1.54) is 19.3 Å². The highest BCUT2D eigenvalue weighted by Crippen LogP contribution is 2.52. The average Bonchev–Trinajstić information content (AvgIpc) is 2.44. The summed E-state index contributed by atoms with van der Waals surface area (Å²) in [7, 11) is 0. The van der Waals surface area contributed by atoms with E-state index in [9.17, 15) is 5.11 Å². The van der Waals surface area contributed by atoms with E-state index >= 15 is 0 Å². The van der Waals surface area contributed by atoms with Crippen LogP contribution in [0.4, 0.5) is 0 Å². The quantitative estimate of drug-likeness (QED) is 0.474. The highest BCUT2D eigenvalue weighted by molar-refractivity contribution is 5.02. The zero-order valence-corrected chi connectivity index (χ0v) is 11.6. The van der Waals surface area contributed by atoms with E-state index in [0.29, 0.717) is 23.4 Å². The highest BCUT2D eigenvalue weighted by Gasteiger charge is 2.49. The Hall–Kier alpha value is -0.770. The van der Waals surface area contributed by atoms with Crippen molar-refractivity contribution in [3.63, 3.8) is 0 Å². The first-order valence-electron chi connectivity index (χ1n) is 6.77. The van der Waals surface area contributed by atoms with Crippen LogP contribution < -0.4 is 0 Å². The van der Waals surface area contributed by atoms with E-state index in [1.54, 1.807) is 0 Å². The zero-order chi connectivity index (χ0) is 13.4. The molecule has 2 fully saturated rings. The molecular formula is C13H24N4O. The van der Waals surface area contributed by atoms with Crippen molar-refractivity contribution in [3.05, 3.63) is 10.4 Å². The van der Waals surface area contributed by atoms with Crippen LogP contribution >= 0.6 is 0 Å². The number of β-amino-alcohol motifs (C(OH)–C–C–N with tert-alkyl or cyclic N) is 1. The number of rotatable bonds is 4. The Kier molecular flexibility index (Phi) is 3.58. The number of likely N-dealkylation sites (tertiary alicyclic amines) is 1. The second-order valence-electron chi connectivity index (χ2n) is 7.21. The molecule has 0 aromatic rings. The molecule has 1 aliphatic heterocycles. The Bertz CT molecular complexity index is 364. The van der Waals surface area contributed by atoms with E-state index in [2.05, 4.69) is 35.7 Å². The maximum Gasteiger partial charge on any atom is 0.0723 e. The number of nitrogens with zero attached hydrogens (tertiary/aromatic N) is 4. The van der Waals surface area contributed by atoms with Crippen molar-refractivity contribution in [3.8, 4) is 0 Å². The summed E-state index contributed by atoms with van der Waals surface area (Å²) in [6.07, 6.45) is 3.17. The maximum atomic E-state index is 9.87. The van der Waals surface area contributed by atoms with Crippen molar-refractivity contribution in [2.24, 2.45) is 15.9 Å². The van der Waals surface area contributed by atoms with Crippen molar-refractivity contribution < 1.29 is 5.11 Å². The van der Waals surface area contributed by atoms with Crippen LogP contribution in [0.15, 0.2) is 5.11 Å². The van der Waals surface area contributed by atoms with E-state index in [-0.39, 0.29) is 6.54 Å². The first-order chi connectivity index (χ1) is 8.34. The summed E-state index contributed by atoms with van der Waals surface area (Å²) < 4.78 is 0. The third-order valence-corrected chi connectivity index (χ3v) is 4.32. The number of hydrogen-bond donors (Lipinski definition) is 1. The summed E-state index contributed by atoms with van der Waals surface area (Å²) in [5.41, 5.74) is 9.07. The van der Waals surface area contributed by atoms with Crippen molar-refractivity contribution in [1.29, 1.82) is 0 Å². The van der Waals surface area contributed by atoms with Crippen LogP contribution in [-0.4, -0.2) is 41.8 Å². The minimum atomic E-state index is -0.535. The first kappa shape index (κ1) is 13.7. The topological polar surface area (TPSA) is 72.2 Å². The lowest BCUT2D eigenvalue weighted by atomic mass is 9.65. The second kappa shape index (κ2) is 4.72. The van der Waals surface area contributed by atoms with E-state index < -0.39 is 6.10 Å². The fourth-order valence-corrected chi connectivity index (χ4v) is 4.25. The van der Waals surface area contributed by atoms with Crippen molar-refractivity contribution in [1.82, 2.24) is 4.90 Å². The van der Waals surface area contributed by atoms with Crippen LogP contribution in [0.25, 0.3) is 10.4 Å². The van der Waals surface area contributed by atoms with Gasteiger partial charge >= 0.3 is 0 Å². The monoisotopic (exact) mass is 252 g/mol. The minimum absolute atomic E-state index is 0.180. The molecule has 0 amide bonds. The number of aliphatic hydroxyl groups is 1. The highest BCUT2D eigenvalue weighted by atomic mass is 16.3. The first-order valence-corrected chi connectivity index (χ1v) is 6.77. The molecule has 0 aromatic heterocycles. The molecule has 3 atom stereocenters. The van der Waals surface area contributed by atoms with Gasteiger partial charge in [0.2, 0.25) is 0 Å². The predicted molar refractivity (Wildman–Crippen MR) is 71.1 cm³/mol. The number of hydrogen-bond acceptors (Lipinski definition) is 3. The van der Waals surface area contributed by atoms with Gasteiger partial charge in [0.1, 0.15) is 0 Å². The van der Waals surface area contributed by atoms with Crippen LogP contribution in [-0.2, 0) is 0 Å². The second-order valence-corrected chi connectivity index (χ2v) is 7.21. The molecule has 1 aliphatic carbocycles. The van der Waals surface area contributed by atoms with Crippen molar-refractivity contribution in [2.75, 3.05) is 19.6 Å². The molecule has 0 radical (unpaired) electrons. The fraction of sp³-hybridized carbons (Fsp3) is 1.00. The molecule has 1 saturated carbocycles. The van der Waals surface area contributed by atoms with Crippen molar-refractivity contribution >= 4 is 0 Å². The Morgan fingerprint density at radius 3 is 2.83 bits per heavy atom. The van der Waals surface area contributed by atoms with Crippen LogP contribution in [0, 0.1) is 10.8 Å². The molecule has 0 aromatic carbocycles. The molecule has 1 heterocycles. The van der Waals surface area contributed by atoms with Crippen LogP contribution in [0.5, 0.6) is 0 Å². The van der Waals surface area contributed by atoms with Gasteiger partial charge in [0.25, 0.3) is 0 Å². The van der Waals surface area contributed by atoms with Crippen LogP contribution in [0.3, 0.4) is 0 Å². The molecular weight excluding hydrogens is 228 g/mol. The molecule has 0 spiro atoms. The van der Waals surface area contributed by atoms with Gasteiger partial charge in [-0.3, -0.25) is 4.90 Å². The van der Waals surface area contributed by atoms with Gasteiger partial charge in [-0.05, 0) is 35.6 Å². The summed E-state index contributed by atoms with van der Waals surface area (Å²) in [5.74, 6) is 0. The third-order valence-electron chi connectivity index (χ3n) is 4.32. The Morgan fingerprint density at radius 2 is 2.17 bits per heavy atom. The number of azide groups is 1. The minimum Gasteiger partial charge on any atom is -0.392 e. The molecule has 102 valence electrons. The molecule has 5 nitrogen and oxygen atoms in total. The van der Waals surface area contributed by atoms with Crippen LogP contribution in [0.1, 0.15) is 40.0 Å². The fourth-order valence-electron chi connectivity index (χ4n) is 4.25. The van der Waals surface area contributed by atoms with E-state index in [4.69, 9.17) is 5.53 Å². The standard InChI is InChI=1S/C13H24N4O/c1-12(2)4-10-5-13(3,8-12)9-17(10)7-11(18)6-15-16-14/h10-11,18H,4-9H2,1-3H3/t10?,11-,13+/m0/s1. The lowest BCUT2D eigenvalue weighted by molar-refractivity contribution is 0.0962. The Balaban J connectivity index is 1.98. The van der Waals surface area contributed by atoms with Gasteiger partial charge in [0, 0.05) is 24.0 Å². The smallest absolute Gasteiger partial charge is 0.0723 e. The molecule has 18 heavy (non-hydrogen) atoms. The number of aliphatic hydroxyl groups excluding tert-OH is 1. The lowest BCUT2D eigenvalue weighted by Gasteiger charge is -2.40. The van der Waals surface area contributed by atoms with E-state index in [1.807, 2.05) is 0 Å². The van der Waals surface area contributed by atoms with Gasteiger partial charge in [-0.25, -0.2) is 0 Å². The SMILES string of the molecule is CC1(C)CC2C[C@@](C)(CN2C[C@@H](O)CN=[N+]=[N-])C1. The van der Waals surface area contributed by atoms with Gasteiger partial charge in [-0.2, -0.15) is 0 Å². The molecule has 1 unspecified atom stereocenters. The lowest BCUT2D eigenvalue weighted by Crippen LogP contribution is -2.38. The largest absolute Gasteiger partial charge is 0.392 e. The maximum absolute atomic E-state index is 9.87. The summed E-state index contributed by atoms with van der Waals surface area (Å²) in [5, 5.41) is 13.3. The Morgan fingerprint density at radius 1 is 1.44 bits per heavy atom. The summed E-state index contributed by atoms with van der Waals surface area (Å²) >= 11 is 0. The van der Waals surface area contributed by atoms with Gasteiger partial charge in [-0.15, -0.1) is 0 Å². The Labute approximate surface area is 109 Å². The van der Waals surface area contributed by atoms with Gasteiger partial charge in [-0.1, -0.05) is 25.9 Å². The van der Waals surface area contributed by atoms with E-state index in [0.717, 1.165) is 6.54 Å². The molecule has 1 N–H and O–H groups in total. The molecule has 2 rings (SSSR count). The van der Waals surface area contributed by atoms with Crippen molar-refractivity contribution in [2.45, 2.75) is 52.2 Å².